The molecule has 1 fully saturated rings. The highest BCUT2D eigenvalue weighted by atomic mass is 16.4. The van der Waals surface area contributed by atoms with Crippen molar-refractivity contribution in [3.8, 4) is 0 Å². The smallest absolute Gasteiger partial charge is 0.226 e. The van der Waals surface area contributed by atoms with E-state index in [9.17, 15) is 4.79 Å². The van der Waals surface area contributed by atoms with Crippen LogP contribution in [0.4, 0.5) is 0 Å². The molecule has 0 aromatic rings. The minimum atomic E-state index is -0.676. The molecule has 0 unspecified atom stereocenters. The average Bonchev–Trinajstić information content (AvgIpc) is 2.37. The van der Waals surface area contributed by atoms with Crippen molar-refractivity contribution in [2.24, 2.45) is 22.2 Å². The number of carbonyl (C=O) groups excluding carboxylic acids is 1. The Kier molecular flexibility index (Phi) is 4.82. The normalized spacial score (nSPS) is 29.1. The molecule has 1 amide bonds. The van der Waals surface area contributed by atoms with E-state index >= 15 is 0 Å². The molecule has 4 N–H and O–H groups in total. The highest BCUT2D eigenvalue weighted by molar-refractivity contribution is 5.95. The van der Waals surface area contributed by atoms with Gasteiger partial charge in [0.15, 0.2) is 5.84 Å². The van der Waals surface area contributed by atoms with Gasteiger partial charge in [-0.05, 0) is 31.6 Å². The van der Waals surface area contributed by atoms with Gasteiger partial charge in [0.1, 0.15) is 5.54 Å². The van der Waals surface area contributed by atoms with E-state index in [0.29, 0.717) is 5.92 Å². The Morgan fingerprint density at radius 2 is 1.95 bits per heavy atom. The third-order valence-corrected chi connectivity index (χ3v) is 4.17. The molecule has 1 saturated carbocycles. The van der Waals surface area contributed by atoms with E-state index in [-0.39, 0.29) is 11.7 Å². The molecule has 5 heteroatoms. The molecule has 0 heterocycles. The first-order chi connectivity index (χ1) is 8.75. The van der Waals surface area contributed by atoms with Gasteiger partial charge in [-0.2, -0.15) is 0 Å². The lowest BCUT2D eigenvalue weighted by molar-refractivity contribution is -0.130. The van der Waals surface area contributed by atoms with Gasteiger partial charge in [0.2, 0.25) is 5.91 Å². The summed E-state index contributed by atoms with van der Waals surface area (Å²) in [6.07, 6.45) is 4.61. The molecule has 0 aliphatic heterocycles. The van der Waals surface area contributed by atoms with Crippen LogP contribution in [0.1, 0.15) is 59.8 Å². The summed E-state index contributed by atoms with van der Waals surface area (Å²) in [7, 11) is 0. The van der Waals surface area contributed by atoms with Crippen LogP contribution in [0.2, 0.25) is 0 Å². The molecule has 5 nitrogen and oxygen atoms in total. The van der Waals surface area contributed by atoms with Crippen LogP contribution < -0.4 is 11.1 Å². The van der Waals surface area contributed by atoms with E-state index in [4.69, 9.17) is 10.9 Å². The molecule has 0 radical (unpaired) electrons. The van der Waals surface area contributed by atoms with Crippen LogP contribution in [0.15, 0.2) is 5.16 Å². The van der Waals surface area contributed by atoms with Crippen LogP contribution in [0.3, 0.4) is 0 Å². The molecule has 0 atom stereocenters. The predicted molar refractivity (Wildman–Crippen MR) is 76.0 cm³/mol. The SMILES string of the molecule is CCC1CCC(NC(=O)C(C)(C)C)(/C(N)=N/O)CC1. The zero-order valence-electron chi connectivity index (χ0n) is 12.5. The Labute approximate surface area is 115 Å². The Bertz CT molecular complexity index is 350. The van der Waals surface area contributed by atoms with Gasteiger partial charge >= 0.3 is 0 Å². The van der Waals surface area contributed by atoms with Crippen molar-refractivity contribution in [2.45, 2.75) is 65.3 Å². The summed E-state index contributed by atoms with van der Waals surface area (Å²) in [5.41, 5.74) is 4.69. The number of nitrogens with zero attached hydrogens (tertiary/aromatic N) is 1. The topological polar surface area (TPSA) is 87.7 Å². The van der Waals surface area contributed by atoms with E-state index in [1.54, 1.807) is 0 Å². The highest BCUT2D eigenvalue weighted by Gasteiger charge is 2.41. The number of amidine groups is 1. The van der Waals surface area contributed by atoms with Crippen LogP contribution in [0, 0.1) is 11.3 Å². The highest BCUT2D eigenvalue weighted by Crippen LogP contribution is 2.34. The molecule has 1 aliphatic carbocycles. The lowest BCUT2D eigenvalue weighted by Gasteiger charge is -2.41. The Morgan fingerprint density at radius 3 is 2.32 bits per heavy atom. The Hall–Kier alpha value is -1.26. The maximum absolute atomic E-state index is 12.2. The molecular weight excluding hydrogens is 242 g/mol. The second kappa shape index (κ2) is 5.80. The lowest BCUT2D eigenvalue weighted by atomic mass is 9.74. The van der Waals surface area contributed by atoms with Crippen LogP contribution in [0.5, 0.6) is 0 Å². The molecule has 1 rings (SSSR count). The summed E-state index contributed by atoms with van der Waals surface area (Å²) in [4.78, 5) is 12.2. The van der Waals surface area contributed by atoms with Gasteiger partial charge in [-0.15, -0.1) is 0 Å². The number of nitrogens with two attached hydrogens (primary N) is 1. The van der Waals surface area contributed by atoms with Gasteiger partial charge < -0.3 is 16.3 Å². The number of oxime groups is 1. The Balaban J connectivity index is 2.88. The van der Waals surface area contributed by atoms with Gasteiger partial charge in [-0.25, -0.2) is 0 Å². The van der Waals surface area contributed by atoms with E-state index < -0.39 is 11.0 Å². The second-order valence-corrected chi connectivity index (χ2v) is 6.62. The number of rotatable bonds is 3. The summed E-state index contributed by atoms with van der Waals surface area (Å²) in [6.45, 7) is 7.76. The van der Waals surface area contributed by atoms with Crippen molar-refractivity contribution in [1.82, 2.24) is 5.32 Å². The summed E-state index contributed by atoms with van der Waals surface area (Å²) in [6, 6.07) is 0. The summed E-state index contributed by atoms with van der Waals surface area (Å²) >= 11 is 0. The fraction of sp³-hybridized carbons (Fsp3) is 0.857. The van der Waals surface area contributed by atoms with Crippen LogP contribution in [-0.2, 0) is 4.79 Å². The lowest BCUT2D eigenvalue weighted by Crippen LogP contribution is -2.61. The third-order valence-electron chi connectivity index (χ3n) is 4.17. The second-order valence-electron chi connectivity index (χ2n) is 6.62. The monoisotopic (exact) mass is 269 g/mol. The third kappa shape index (κ3) is 3.61. The van der Waals surface area contributed by atoms with Gasteiger partial charge in [-0.3, -0.25) is 4.79 Å². The van der Waals surface area contributed by atoms with E-state index in [1.807, 2.05) is 20.8 Å². The summed E-state index contributed by atoms with van der Waals surface area (Å²) < 4.78 is 0. The molecule has 0 saturated heterocycles. The van der Waals surface area contributed by atoms with E-state index in [0.717, 1.165) is 32.1 Å². The number of amides is 1. The van der Waals surface area contributed by atoms with Gasteiger partial charge in [0, 0.05) is 5.41 Å². The number of hydrogen-bond donors (Lipinski definition) is 3. The van der Waals surface area contributed by atoms with Crippen molar-refractivity contribution >= 4 is 11.7 Å². The van der Waals surface area contributed by atoms with Crippen LogP contribution >= 0.6 is 0 Å². The fourth-order valence-corrected chi connectivity index (χ4v) is 2.52. The van der Waals surface area contributed by atoms with Crippen molar-refractivity contribution in [3.63, 3.8) is 0 Å². The number of carbonyl (C=O) groups is 1. The first kappa shape index (κ1) is 15.8. The minimum Gasteiger partial charge on any atom is -0.409 e. The molecule has 1 aliphatic rings. The van der Waals surface area contributed by atoms with Crippen molar-refractivity contribution < 1.29 is 10.0 Å². The first-order valence-electron chi connectivity index (χ1n) is 7.06. The van der Waals surface area contributed by atoms with Crippen molar-refractivity contribution in [1.29, 1.82) is 0 Å². The molecule has 0 bridgehead atoms. The van der Waals surface area contributed by atoms with Crippen molar-refractivity contribution in [3.05, 3.63) is 0 Å². The van der Waals surface area contributed by atoms with Gasteiger partial charge in [0.05, 0.1) is 0 Å². The largest absolute Gasteiger partial charge is 0.409 e. The predicted octanol–water partition coefficient (Wildman–Crippen LogP) is 2.23. The van der Waals surface area contributed by atoms with Crippen LogP contribution in [0.25, 0.3) is 0 Å². The quantitative estimate of drug-likeness (QED) is 0.318. The standard InChI is InChI=1S/C14H27N3O2/c1-5-10-6-8-14(9-7-10,11(15)17-19)16-12(18)13(2,3)4/h10,19H,5-9H2,1-4H3,(H2,15,17)(H,16,18). The van der Waals surface area contributed by atoms with Gasteiger partial charge in [-0.1, -0.05) is 39.3 Å². The fourth-order valence-electron chi connectivity index (χ4n) is 2.52. The maximum atomic E-state index is 12.2. The molecule has 0 aromatic heterocycles. The van der Waals surface area contributed by atoms with Gasteiger partial charge in [0.25, 0.3) is 0 Å². The maximum Gasteiger partial charge on any atom is 0.226 e. The molecule has 110 valence electrons. The van der Waals surface area contributed by atoms with E-state index in [1.165, 1.54) is 0 Å². The van der Waals surface area contributed by atoms with Crippen LogP contribution in [-0.4, -0.2) is 22.5 Å². The Morgan fingerprint density at radius 1 is 1.42 bits per heavy atom. The minimum absolute atomic E-state index is 0.0611. The summed E-state index contributed by atoms with van der Waals surface area (Å²) in [5.74, 6) is 0.736. The number of nitrogens with one attached hydrogen (secondary N) is 1. The molecule has 0 spiro atoms. The molecular formula is C14H27N3O2. The molecule has 0 aromatic carbocycles. The number of hydrogen-bond acceptors (Lipinski definition) is 3. The first-order valence-corrected chi connectivity index (χ1v) is 7.06. The average molecular weight is 269 g/mol. The summed E-state index contributed by atoms with van der Waals surface area (Å²) in [5, 5.41) is 15.2. The zero-order valence-corrected chi connectivity index (χ0v) is 12.5. The zero-order chi connectivity index (χ0) is 14.7. The van der Waals surface area contributed by atoms with E-state index in [2.05, 4.69) is 17.4 Å². The van der Waals surface area contributed by atoms with Crippen molar-refractivity contribution in [2.75, 3.05) is 0 Å². The molecule has 19 heavy (non-hydrogen) atoms.